The fraction of sp³-hybridized carbons (Fsp3) is 0.300. The van der Waals surface area contributed by atoms with Crippen LogP contribution < -0.4 is 16.4 Å². The smallest absolute Gasteiger partial charge is 0.131 e. The lowest BCUT2D eigenvalue weighted by molar-refractivity contribution is 0.680. The van der Waals surface area contributed by atoms with Crippen molar-refractivity contribution in [2.24, 2.45) is 11.7 Å². The maximum Gasteiger partial charge on any atom is 0.131 e. The van der Waals surface area contributed by atoms with E-state index in [1.165, 1.54) is 0 Å². The molecule has 5 heteroatoms. The van der Waals surface area contributed by atoms with E-state index in [2.05, 4.69) is 15.6 Å². The molecule has 0 spiro atoms. The summed E-state index contributed by atoms with van der Waals surface area (Å²) in [4.78, 5) is 3.91. The number of pyridine rings is 1. The zero-order valence-electron chi connectivity index (χ0n) is 8.20. The first-order valence-corrected chi connectivity index (χ1v) is 5.18. The average molecular weight is 225 g/mol. The highest BCUT2D eigenvalue weighted by atomic mass is 35.5. The van der Waals surface area contributed by atoms with Crippen molar-refractivity contribution in [1.82, 2.24) is 10.3 Å². The molecular weight excluding hydrogens is 212 g/mol. The molecule has 0 amide bonds. The zero-order chi connectivity index (χ0) is 10.7. The Labute approximate surface area is 93.5 Å². The van der Waals surface area contributed by atoms with E-state index in [-0.39, 0.29) is 0 Å². The first kappa shape index (κ1) is 10.1. The number of nitrogens with one attached hydrogen (secondary N) is 2. The summed E-state index contributed by atoms with van der Waals surface area (Å²) in [6.45, 7) is 1.73. The Morgan fingerprint density at radius 1 is 1.67 bits per heavy atom. The normalized spacial score (nSPS) is 19.5. The van der Waals surface area contributed by atoms with Crippen LogP contribution in [-0.2, 0) is 0 Å². The van der Waals surface area contributed by atoms with Crippen molar-refractivity contribution in [3.8, 4) is 0 Å². The fourth-order valence-electron chi connectivity index (χ4n) is 1.51. The molecule has 0 aliphatic carbocycles. The highest BCUT2D eigenvalue weighted by molar-refractivity contribution is 6.29. The second-order valence-corrected chi connectivity index (χ2v) is 3.90. The molecule has 0 radical (unpaired) electrons. The number of hydrogen-bond acceptors (Lipinski definition) is 4. The summed E-state index contributed by atoms with van der Waals surface area (Å²) in [5.41, 5.74) is 6.59. The molecular formula is C10H13ClN4. The summed E-state index contributed by atoms with van der Waals surface area (Å²) in [6.07, 6.45) is 3.71. The molecule has 2 heterocycles. The first-order chi connectivity index (χ1) is 7.24. The molecule has 2 rings (SSSR count). The van der Waals surface area contributed by atoms with Gasteiger partial charge in [-0.1, -0.05) is 11.6 Å². The number of halogens is 1. The molecule has 0 unspecified atom stereocenters. The van der Waals surface area contributed by atoms with Crippen molar-refractivity contribution in [3.05, 3.63) is 35.4 Å². The monoisotopic (exact) mass is 224 g/mol. The second kappa shape index (κ2) is 4.40. The quantitative estimate of drug-likeness (QED) is 0.675. The molecule has 0 fully saturated rings. The van der Waals surface area contributed by atoms with E-state index in [1.54, 1.807) is 12.3 Å². The van der Waals surface area contributed by atoms with Crippen LogP contribution in [0, 0.1) is 5.92 Å². The Hall–Kier alpha value is -1.42. The van der Waals surface area contributed by atoms with Crippen LogP contribution in [0.5, 0.6) is 0 Å². The Kier molecular flexibility index (Phi) is 2.97. The Morgan fingerprint density at radius 2 is 2.53 bits per heavy atom. The van der Waals surface area contributed by atoms with E-state index in [1.807, 2.05) is 12.1 Å². The van der Waals surface area contributed by atoms with Crippen molar-refractivity contribution >= 4 is 17.3 Å². The molecule has 1 aliphatic heterocycles. The lowest BCUT2D eigenvalue weighted by atomic mass is 10.1. The van der Waals surface area contributed by atoms with Gasteiger partial charge in [0.25, 0.3) is 0 Å². The van der Waals surface area contributed by atoms with Crippen LogP contribution in [0.25, 0.3) is 0 Å². The molecule has 0 aromatic carbocycles. The van der Waals surface area contributed by atoms with Gasteiger partial charge in [0.1, 0.15) is 5.15 Å². The van der Waals surface area contributed by atoms with Gasteiger partial charge in [-0.3, -0.25) is 0 Å². The van der Waals surface area contributed by atoms with E-state index in [0.29, 0.717) is 11.1 Å². The van der Waals surface area contributed by atoms with E-state index < -0.39 is 0 Å². The SMILES string of the molecule is NC1=C[C@@H](CNc2ccnc(Cl)c2)CN1. The maximum absolute atomic E-state index is 5.77. The zero-order valence-corrected chi connectivity index (χ0v) is 8.96. The maximum atomic E-state index is 5.77. The molecule has 1 aliphatic rings. The third kappa shape index (κ3) is 2.76. The molecule has 80 valence electrons. The lowest BCUT2D eigenvalue weighted by Gasteiger charge is -2.09. The largest absolute Gasteiger partial charge is 0.386 e. The molecule has 1 aromatic rings. The third-order valence-electron chi connectivity index (χ3n) is 2.28. The highest BCUT2D eigenvalue weighted by Gasteiger charge is 2.12. The first-order valence-electron chi connectivity index (χ1n) is 4.80. The second-order valence-electron chi connectivity index (χ2n) is 3.51. The number of nitrogens with zero attached hydrogens (tertiary/aromatic N) is 1. The number of nitrogens with two attached hydrogens (primary N) is 1. The molecule has 0 saturated heterocycles. The summed E-state index contributed by atoms with van der Waals surface area (Å²) in [6, 6.07) is 3.69. The standard InChI is InChI=1S/C10H13ClN4/c11-9-4-8(1-2-13-9)14-5-7-3-10(12)15-6-7/h1-4,7,15H,5-6,12H2,(H,13,14)/t7-/m0/s1. The molecule has 0 bridgehead atoms. The topological polar surface area (TPSA) is 63.0 Å². The molecule has 4 N–H and O–H groups in total. The van der Waals surface area contributed by atoms with E-state index in [0.717, 1.165) is 24.6 Å². The number of rotatable bonds is 3. The van der Waals surface area contributed by atoms with E-state index in [4.69, 9.17) is 17.3 Å². The number of aromatic nitrogens is 1. The van der Waals surface area contributed by atoms with Crippen LogP contribution in [0.3, 0.4) is 0 Å². The van der Waals surface area contributed by atoms with Crippen molar-refractivity contribution in [2.75, 3.05) is 18.4 Å². The van der Waals surface area contributed by atoms with Gasteiger partial charge >= 0.3 is 0 Å². The predicted octanol–water partition coefficient (Wildman–Crippen LogP) is 1.17. The predicted molar refractivity (Wildman–Crippen MR) is 61.5 cm³/mol. The van der Waals surface area contributed by atoms with Crippen LogP contribution in [0.1, 0.15) is 0 Å². The van der Waals surface area contributed by atoms with Gasteiger partial charge in [-0.25, -0.2) is 4.98 Å². The molecule has 0 saturated carbocycles. The van der Waals surface area contributed by atoms with Gasteiger partial charge in [0.2, 0.25) is 0 Å². The van der Waals surface area contributed by atoms with Gasteiger partial charge in [-0.2, -0.15) is 0 Å². The minimum Gasteiger partial charge on any atom is -0.386 e. The van der Waals surface area contributed by atoms with Crippen molar-refractivity contribution < 1.29 is 0 Å². The van der Waals surface area contributed by atoms with Gasteiger partial charge < -0.3 is 16.4 Å². The van der Waals surface area contributed by atoms with Crippen LogP contribution in [0.15, 0.2) is 30.2 Å². The molecule has 15 heavy (non-hydrogen) atoms. The summed E-state index contributed by atoms with van der Waals surface area (Å²) >= 11 is 5.77. The average Bonchev–Trinajstić information content (AvgIpc) is 2.62. The molecule has 4 nitrogen and oxygen atoms in total. The Balaban J connectivity index is 1.88. The number of hydrogen-bond donors (Lipinski definition) is 3. The van der Waals surface area contributed by atoms with Gasteiger partial charge in [0.15, 0.2) is 0 Å². The van der Waals surface area contributed by atoms with Crippen molar-refractivity contribution in [3.63, 3.8) is 0 Å². The summed E-state index contributed by atoms with van der Waals surface area (Å²) in [5, 5.41) is 6.86. The fourth-order valence-corrected chi connectivity index (χ4v) is 1.69. The molecule has 1 atom stereocenters. The van der Waals surface area contributed by atoms with Gasteiger partial charge in [0, 0.05) is 30.9 Å². The van der Waals surface area contributed by atoms with Crippen molar-refractivity contribution in [1.29, 1.82) is 0 Å². The lowest BCUT2D eigenvalue weighted by Crippen LogP contribution is -2.20. The highest BCUT2D eigenvalue weighted by Crippen LogP contribution is 2.13. The van der Waals surface area contributed by atoms with E-state index >= 15 is 0 Å². The molecule has 1 aromatic heterocycles. The Morgan fingerprint density at radius 3 is 3.20 bits per heavy atom. The Bertz CT molecular complexity index is 377. The van der Waals surface area contributed by atoms with Crippen LogP contribution in [0.4, 0.5) is 5.69 Å². The van der Waals surface area contributed by atoms with Crippen LogP contribution in [0.2, 0.25) is 5.15 Å². The minimum atomic E-state index is 0.428. The van der Waals surface area contributed by atoms with Crippen molar-refractivity contribution in [2.45, 2.75) is 0 Å². The van der Waals surface area contributed by atoms with Crippen LogP contribution in [-0.4, -0.2) is 18.1 Å². The summed E-state index contributed by atoms with van der Waals surface area (Å²) < 4.78 is 0. The minimum absolute atomic E-state index is 0.428. The van der Waals surface area contributed by atoms with Gasteiger partial charge in [-0.05, 0) is 18.2 Å². The van der Waals surface area contributed by atoms with Gasteiger partial charge in [0.05, 0.1) is 5.82 Å². The van der Waals surface area contributed by atoms with Crippen LogP contribution >= 0.6 is 11.6 Å². The summed E-state index contributed by atoms with van der Waals surface area (Å²) in [7, 11) is 0. The number of anilines is 1. The third-order valence-corrected chi connectivity index (χ3v) is 2.49. The van der Waals surface area contributed by atoms with E-state index in [9.17, 15) is 0 Å². The van der Waals surface area contributed by atoms with Gasteiger partial charge in [-0.15, -0.1) is 0 Å². The summed E-state index contributed by atoms with van der Waals surface area (Å²) in [5.74, 6) is 1.19.